The van der Waals surface area contributed by atoms with Gasteiger partial charge in [0.25, 0.3) is 0 Å². The van der Waals surface area contributed by atoms with Crippen LogP contribution in [0.5, 0.6) is 0 Å². The number of nitrogen functional groups attached to an aromatic ring is 1. The lowest BCUT2D eigenvalue weighted by Crippen LogP contribution is -2.21. The fourth-order valence-corrected chi connectivity index (χ4v) is 2.18. The van der Waals surface area contributed by atoms with Crippen LogP contribution >= 0.6 is 0 Å². The number of aromatic nitrogens is 2. The third-order valence-corrected chi connectivity index (χ3v) is 3.25. The van der Waals surface area contributed by atoms with Crippen molar-refractivity contribution >= 4 is 16.7 Å². The SMILES string of the molecule is Nc1[nH]ccc1C1NC=CN1.c1ccc2ncccc2c1. The van der Waals surface area contributed by atoms with Crippen molar-refractivity contribution in [3.8, 4) is 0 Å². The Hall–Kier alpha value is -2.95. The molecule has 106 valence electrons. The largest absolute Gasteiger partial charge is 0.385 e. The van der Waals surface area contributed by atoms with Crippen molar-refractivity contribution in [2.75, 3.05) is 5.73 Å². The Balaban J connectivity index is 0.000000126. The van der Waals surface area contributed by atoms with Gasteiger partial charge >= 0.3 is 0 Å². The highest BCUT2D eigenvalue weighted by atomic mass is 15.2. The van der Waals surface area contributed by atoms with E-state index in [9.17, 15) is 0 Å². The average molecular weight is 279 g/mol. The minimum atomic E-state index is 0.126. The van der Waals surface area contributed by atoms with Crippen LogP contribution in [0.15, 0.2) is 67.3 Å². The number of aromatic amines is 1. The van der Waals surface area contributed by atoms with E-state index in [0.29, 0.717) is 5.82 Å². The summed E-state index contributed by atoms with van der Waals surface area (Å²) in [7, 11) is 0. The Morgan fingerprint density at radius 2 is 1.71 bits per heavy atom. The average Bonchev–Trinajstić information content (AvgIpc) is 3.19. The molecule has 0 spiro atoms. The maximum Gasteiger partial charge on any atom is 0.126 e. The number of hydrogen-bond donors (Lipinski definition) is 4. The van der Waals surface area contributed by atoms with Gasteiger partial charge in [0.2, 0.25) is 0 Å². The van der Waals surface area contributed by atoms with E-state index in [1.165, 1.54) is 5.39 Å². The molecule has 0 amide bonds. The first-order valence-electron chi connectivity index (χ1n) is 6.74. The summed E-state index contributed by atoms with van der Waals surface area (Å²) >= 11 is 0. The molecule has 5 nitrogen and oxygen atoms in total. The number of nitrogens with one attached hydrogen (secondary N) is 3. The van der Waals surface area contributed by atoms with Gasteiger partial charge in [0, 0.05) is 35.7 Å². The van der Waals surface area contributed by atoms with E-state index in [4.69, 9.17) is 5.73 Å². The van der Waals surface area contributed by atoms with E-state index >= 15 is 0 Å². The van der Waals surface area contributed by atoms with E-state index in [0.717, 1.165) is 11.1 Å². The van der Waals surface area contributed by atoms with Crippen LogP contribution in [0, 0.1) is 0 Å². The molecule has 1 aliphatic rings. The van der Waals surface area contributed by atoms with Gasteiger partial charge in [0.15, 0.2) is 0 Å². The molecule has 0 radical (unpaired) electrons. The predicted molar refractivity (Wildman–Crippen MR) is 85.1 cm³/mol. The highest BCUT2D eigenvalue weighted by Crippen LogP contribution is 2.18. The minimum absolute atomic E-state index is 0.126. The molecule has 0 saturated heterocycles. The second kappa shape index (κ2) is 6.00. The van der Waals surface area contributed by atoms with Crippen molar-refractivity contribution in [1.82, 2.24) is 20.6 Å². The maximum atomic E-state index is 5.66. The smallest absolute Gasteiger partial charge is 0.126 e. The third kappa shape index (κ3) is 2.97. The summed E-state index contributed by atoms with van der Waals surface area (Å²) in [5.74, 6) is 0.707. The number of benzene rings is 1. The number of nitrogens with zero attached hydrogens (tertiary/aromatic N) is 1. The van der Waals surface area contributed by atoms with E-state index in [-0.39, 0.29) is 6.17 Å². The summed E-state index contributed by atoms with van der Waals surface area (Å²) in [5.41, 5.74) is 7.77. The second-order valence-corrected chi connectivity index (χ2v) is 4.64. The molecule has 0 bridgehead atoms. The van der Waals surface area contributed by atoms with Crippen LogP contribution < -0.4 is 16.4 Å². The van der Waals surface area contributed by atoms with Gasteiger partial charge in [-0.1, -0.05) is 24.3 Å². The first-order valence-corrected chi connectivity index (χ1v) is 6.74. The lowest BCUT2D eigenvalue weighted by molar-refractivity contribution is 0.610. The van der Waals surface area contributed by atoms with Gasteiger partial charge in [-0.15, -0.1) is 0 Å². The van der Waals surface area contributed by atoms with E-state index in [1.807, 2.05) is 55.1 Å². The van der Waals surface area contributed by atoms with Gasteiger partial charge in [-0.3, -0.25) is 4.98 Å². The van der Waals surface area contributed by atoms with Crippen molar-refractivity contribution in [2.24, 2.45) is 0 Å². The Bertz CT molecular complexity index is 674. The molecule has 0 fully saturated rings. The summed E-state index contributed by atoms with van der Waals surface area (Å²) in [6.45, 7) is 0. The molecular formula is C16H17N5. The molecule has 0 atom stereocenters. The molecule has 3 aromatic rings. The van der Waals surface area contributed by atoms with Crippen LogP contribution in [0.3, 0.4) is 0 Å². The fraction of sp³-hybridized carbons (Fsp3) is 0.0625. The number of para-hydroxylation sites is 1. The van der Waals surface area contributed by atoms with Crippen LogP contribution in [-0.4, -0.2) is 9.97 Å². The first kappa shape index (κ1) is 13.1. The molecule has 0 unspecified atom stereocenters. The number of hydrogen-bond acceptors (Lipinski definition) is 4. The topological polar surface area (TPSA) is 78.8 Å². The third-order valence-electron chi connectivity index (χ3n) is 3.25. The molecule has 5 N–H and O–H groups in total. The second-order valence-electron chi connectivity index (χ2n) is 4.64. The van der Waals surface area contributed by atoms with Gasteiger partial charge < -0.3 is 21.4 Å². The molecule has 4 rings (SSSR count). The number of fused-ring (bicyclic) bond motifs is 1. The van der Waals surface area contributed by atoms with Gasteiger partial charge in [-0.05, 0) is 18.2 Å². The Morgan fingerprint density at radius 3 is 2.43 bits per heavy atom. The van der Waals surface area contributed by atoms with Crippen molar-refractivity contribution < 1.29 is 0 Å². The van der Waals surface area contributed by atoms with Crippen molar-refractivity contribution in [1.29, 1.82) is 0 Å². The zero-order valence-corrected chi connectivity index (χ0v) is 11.5. The molecule has 1 aromatic carbocycles. The van der Waals surface area contributed by atoms with E-state index in [2.05, 4.69) is 32.7 Å². The zero-order chi connectivity index (χ0) is 14.5. The number of pyridine rings is 1. The van der Waals surface area contributed by atoms with Crippen LogP contribution in [0.4, 0.5) is 5.82 Å². The van der Waals surface area contributed by atoms with Crippen LogP contribution in [-0.2, 0) is 0 Å². The van der Waals surface area contributed by atoms with Crippen LogP contribution in [0.1, 0.15) is 11.7 Å². The number of rotatable bonds is 1. The Kier molecular flexibility index (Phi) is 3.73. The van der Waals surface area contributed by atoms with Crippen molar-refractivity contribution in [3.05, 3.63) is 72.8 Å². The quantitative estimate of drug-likeness (QED) is 0.552. The van der Waals surface area contributed by atoms with Gasteiger partial charge in [0.1, 0.15) is 12.0 Å². The lowest BCUT2D eigenvalue weighted by Gasteiger charge is -2.10. The van der Waals surface area contributed by atoms with Crippen LogP contribution in [0.2, 0.25) is 0 Å². The summed E-state index contributed by atoms with van der Waals surface area (Å²) in [4.78, 5) is 7.10. The molecule has 1 aliphatic heterocycles. The highest BCUT2D eigenvalue weighted by Gasteiger charge is 2.13. The molecule has 3 heterocycles. The van der Waals surface area contributed by atoms with E-state index < -0.39 is 0 Å². The van der Waals surface area contributed by atoms with Crippen LogP contribution in [0.25, 0.3) is 10.9 Å². The maximum absolute atomic E-state index is 5.66. The Morgan fingerprint density at radius 1 is 0.952 bits per heavy atom. The molecule has 21 heavy (non-hydrogen) atoms. The Labute approximate surface area is 122 Å². The van der Waals surface area contributed by atoms with Crippen molar-refractivity contribution in [2.45, 2.75) is 6.17 Å². The lowest BCUT2D eigenvalue weighted by atomic mass is 10.2. The van der Waals surface area contributed by atoms with Gasteiger partial charge in [0.05, 0.1) is 5.52 Å². The summed E-state index contributed by atoms with van der Waals surface area (Å²) < 4.78 is 0. The summed E-state index contributed by atoms with van der Waals surface area (Å²) in [6, 6.07) is 14.0. The normalized spacial score (nSPS) is 13.3. The fourth-order valence-electron chi connectivity index (χ4n) is 2.18. The molecule has 2 aromatic heterocycles. The molecule has 0 aliphatic carbocycles. The summed E-state index contributed by atoms with van der Waals surface area (Å²) in [6.07, 6.45) is 7.48. The number of H-pyrrole nitrogens is 1. The molecule has 5 heteroatoms. The summed E-state index contributed by atoms with van der Waals surface area (Å²) in [5, 5.41) is 7.42. The van der Waals surface area contributed by atoms with E-state index in [1.54, 1.807) is 0 Å². The van der Waals surface area contributed by atoms with Gasteiger partial charge in [-0.2, -0.15) is 0 Å². The highest BCUT2D eigenvalue weighted by molar-refractivity contribution is 5.77. The number of anilines is 1. The number of nitrogens with two attached hydrogens (primary N) is 1. The first-order chi connectivity index (χ1) is 10.3. The zero-order valence-electron chi connectivity index (χ0n) is 11.5. The van der Waals surface area contributed by atoms with Crippen molar-refractivity contribution in [3.63, 3.8) is 0 Å². The predicted octanol–water partition coefficient (Wildman–Crippen LogP) is 2.49. The standard InChI is InChI=1S/C9H7N.C7H10N4/c1-2-6-9-8(4-1)5-3-7-10-9;8-6-5(1-2-9-6)7-10-3-4-11-7/h1-7H;1-4,7,9-11H,8H2. The monoisotopic (exact) mass is 279 g/mol. The molecular weight excluding hydrogens is 262 g/mol. The minimum Gasteiger partial charge on any atom is -0.385 e. The van der Waals surface area contributed by atoms with Gasteiger partial charge in [-0.25, -0.2) is 0 Å². The molecule has 0 saturated carbocycles.